The number of alkyl halides is 3. The van der Waals surface area contributed by atoms with Crippen LogP contribution in [0.1, 0.15) is 36.6 Å². The van der Waals surface area contributed by atoms with Crippen molar-refractivity contribution in [2.45, 2.75) is 37.4 Å². The second-order valence-electron chi connectivity index (χ2n) is 7.10. The fraction of sp³-hybridized carbons (Fsp3) is 0.500. The molecule has 1 N–H and O–H groups in total. The van der Waals surface area contributed by atoms with Crippen molar-refractivity contribution >= 4 is 5.91 Å². The van der Waals surface area contributed by atoms with E-state index < -0.39 is 11.7 Å². The second kappa shape index (κ2) is 6.95. The summed E-state index contributed by atoms with van der Waals surface area (Å²) in [5.74, 6) is 0.535. The summed E-state index contributed by atoms with van der Waals surface area (Å²) in [6.45, 7) is 1.69. The van der Waals surface area contributed by atoms with E-state index in [-0.39, 0.29) is 23.2 Å². The van der Waals surface area contributed by atoms with Crippen molar-refractivity contribution in [2.75, 3.05) is 19.6 Å². The lowest BCUT2D eigenvalue weighted by atomic mass is 10.1. The molecule has 0 spiro atoms. The number of carbonyl (C=O) groups is 1. The lowest BCUT2D eigenvalue weighted by Crippen LogP contribution is -2.37. The van der Waals surface area contributed by atoms with Crippen LogP contribution < -0.4 is 5.32 Å². The van der Waals surface area contributed by atoms with E-state index in [0.717, 1.165) is 37.9 Å². The molecule has 1 saturated carbocycles. The number of aromatic nitrogens is 2. The third-order valence-corrected chi connectivity index (χ3v) is 4.82. The number of nitrogens with zero attached hydrogens (tertiary/aromatic N) is 3. The van der Waals surface area contributed by atoms with E-state index in [2.05, 4.69) is 15.5 Å². The Labute approximate surface area is 153 Å². The third-order valence-electron chi connectivity index (χ3n) is 4.82. The second-order valence-corrected chi connectivity index (χ2v) is 7.10. The summed E-state index contributed by atoms with van der Waals surface area (Å²) in [7, 11) is 0. The van der Waals surface area contributed by atoms with Gasteiger partial charge in [0.05, 0.1) is 18.0 Å². The smallest absolute Gasteiger partial charge is 0.352 e. The Morgan fingerprint density at radius 3 is 2.85 bits per heavy atom. The van der Waals surface area contributed by atoms with Crippen molar-refractivity contribution in [1.29, 1.82) is 0 Å². The van der Waals surface area contributed by atoms with Gasteiger partial charge in [0.15, 0.2) is 0 Å². The van der Waals surface area contributed by atoms with Gasteiger partial charge in [-0.2, -0.15) is 18.2 Å². The maximum Gasteiger partial charge on any atom is 0.416 e. The average Bonchev–Trinajstić information content (AvgIpc) is 3.10. The molecule has 6 nitrogen and oxygen atoms in total. The molecule has 2 aliphatic rings. The van der Waals surface area contributed by atoms with Gasteiger partial charge in [0, 0.05) is 18.2 Å². The van der Waals surface area contributed by atoms with Crippen molar-refractivity contribution in [3.63, 3.8) is 0 Å². The van der Waals surface area contributed by atoms with Crippen molar-refractivity contribution in [3.05, 3.63) is 35.7 Å². The van der Waals surface area contributed by atoms with Crippen LogP contribution in [0.4, 0.5) is 13.2 Å². The van der Waals surface area contributed by atoms with E-state index in [1.807, 2.05) is 4.90 Å². The van der Waals surface area contributed by atoms with Crippen LogP contribution in [0.3, 0.4) is 0 Å². The maximum absolute atomic E-state index is 12.9. The highest BCUT2D eigenvalue weighted by Crippen LogP contribution is 2.32. The molecular weight excluding hydrogens is 361 g/mol. The molecule has 2 heterocycles. The first kappa shape index (κ1) is 18.0. The van der Waals surface area contributed by atoms with E-state index in [1.54, 1.807) is 0 Å². The van der Waals surface area contributed by atoms with Crippen molar-refractivity contribution in [2.24, 2.45) is 0 Å². The molecule has 1 aliphatic carbocycles. The van der Waals surface area contributed by atoms with E-state index >= 15 is 0 Å². The molecule has 1 aromatic heterocycles. The number of benzene rings is 1. The number of carbonyl (C=O) groups excluding carboxylic acids is 1. The van der Waals surface area contributed by atoms with Crippen LogP contribution in [-0.4, -0.2) is 46.6 Å². The molecule has 1 amide bonds. The molecule has 2 aromatic rings. The Hall–Kier alpha value is -2.42. The van der Waals surface area contributed by atoms with Gasteiger partial charge in [-0.3, -0.25) is 9.69 Å². The molecule has 1 saturated heterocycles. The molecule has 0 bridgehead atoms. The van der Waals surface area contributed by atoms with Crippen LogP contribution in [-0.2, 0) is 11.0 Å². The summed E-state index contributed by atoms with van der Waals surface area (Å²) in [6.07, 6.45) is -1.56. The van der Waals surface area contributed by atoms with Crippen LogP contribution in [0.25, 0.3) is 11.4 Å². The van der Waals surface area contributed by atoms with Crippen molar-refractivity contribution < 1.29 is 22.5 Å². The zero-order valence-electron chi connectivity index (χ0n) is 14.5. The number of hydrogen-bond acceptors (Lipinski definition) is 5. The number of nitrogens with one attached hydrogen (secondary N) is 1. The molecule has 0 radical (unpaired) electrons. The minimum Gasteiger partial charge on any atom is -0.352 e. The number of halogens is 3. The van der Waals surface area contributed by atoms with Crippen LogP contribution in [0, 0.1) is 0 Å². The normalized spacial score (nSPS) is 20.8. The Kier molecular flexibility index (Phi) is 4.63. The first-order valence-electron chi connectivity index (χ1n) is 8.91. The molecule has 0 unspecified atom stereocenters. The Morgan fingerprint density at radius 1 is 1.30 bits per heavy atom. The fourth-order valence-corrected chi connectivity index (χ4v) is 3.23. The summed E-state index contributed by atoms with van der Waals surface area (Å²) in [5, 5.41) is 6.79. The molecule has 2 fully saturated rings. The zero-order chi connectivity index (χ0) is 19.0. The van der Waals surface area contributed by atoms with Crippen molar-refractivity contribution in [3.8, 4) is 11.4 Å². The monoisotopic (exact) mass is 380 g/mol. The molecule has 144 valence electrons. The van der Waals surface area contributed by atoms with Gasteiger partial charge in [-0.05, 0) is 37.9 Å². The molecule has 4 rings (SSSR count). The molecule has 1 aromatic carbocycles. The standard InChI is InChI=1S/C18H19F3N4O2/c19-18(20,21)13-3-1-2-11(8-13)16-23-17(27-24-16)12-6-7-25(9-12)10-15(26)22-14-4-5-14/h1-3,8,12,14H,4-7,9-10H2,(H,22,26)/t12-/m1/s1. The lowest BCUT2D eigenvalue weighted by Gasteiger charge is -2.14. The Morgan fingerprint density at radius 2 is 2.11 bits per heavy atom. The zero-order valence-corrected chi connectivity index (χ0v) is 14.5. The summed E-state index contributed by atoms with van der Waals surface area (Å²) in [5.41, 5.74) is -0.487. The third kappa shape index (κ3) is 4.29. The van der Waals surface area contributed by atoms with Gasteiger partial charge in [0.25, 0.3) is 0 Å². The summed E-state index contributed by atoms with van der Waals surface area (Å²) in [6, 6.07) is 5.20. The highest BCUT2D eigenvalue weighted by Gasteiger charge is 2.32. The molecule has 9 heteroatoms. The fourth-order valence-electron chi connectivity index (χ4n) is 3.23. The lowest BCUT2D eigenvalue weighted by molar-refractivity contribution is -0.137. The first-order chi connectivity index (χ1) is 12.9. The molecular formula is C18H19F3N4O2. The van der Waals surface area contributed by atoms with Gasteiger partial charge in [-0.25, -0.2) is 0 Å². The number of hydrogen-bond donors (Lipinski definition) is 1. The topological polar surface area (TPSA) is 71.3 Å². The SMILES string of the molecule is O=C(CN1CC[C@@H](c2nc(-c3cccc(C(F)(F)F)c3)no2)C1)NC1CC1. The summed E-state index contributed by atoms with van der Waals surface area (Å²) >= 11 is 0. The Balaban J connectivity index is 1.40. The highest BCUT2D eigenvalue weighted by molar-refractivity contribution is 5.78. The summed E-state index contributed by atoms with van der Waals surface area (Å²) < 4.78 is 43.9. The number of likely N-dealkylation sites (tertiary alicyclic amines) is 1. The number of amides is 1. The van der Waals surface area contributed by atoms with E-state index in [4.69, 9.17) is 4.52 Å². The first-order valence-corrected chi connectivity index (χ1v) is 8.91. The van der Waals surface area contributed by atoms with Gasteiger partial charge < -0.3 is 9.84 Å². The van der Waals surface area contributed by atoms with Gasteiger partial charge in [-0.15, -0.1) is 0 Å². The highest BCUT2D eigenvalue weighted by atomic mass is 19.4. The van der Waals surface area contributed by atoms with Gasteiger partial charge in [0.1, 0.15) is 0 Å². The predicted molar refractivity (Wildman–Crippen MR) is 89.7 cm³/mol. The largest absolute Gasteiger partial charge is 0.416 e. The van der Waals surface area contributed by atoms with Crippen LogP contribution in [0.2, 0.25) is 0 Å². The molecule has 1 aliphatic heterocycles. The van der Waals surface area contributed by atoms with Gasteiger partial charge >= 0.3 is 6.18 Å². The van der Waals surface area contributed by atoms with Gasteiger partial charge in [0.2, 0.25) is 17.6 Å². The van der Waals surface area contributed by atoms with Crippen LogP contribution in [0.5, 0.6) is 0 Å². The molecule has 1 atom stereocenters. The van der Waals surface area contributed by atoms with E-state index in [9.17, 15) is 18.0 Å². The number of rotatable bonds is 5. The Bertz CT molecular complexity index is 832. The van der Waals surface area contributed by atoms with Crippen molar-refractivity contribution in [1.82, 2.24) is 20.4 Å². The molecule has 27 heavy (non-hydrogen) atoms. The predicted octanol–water partition coefficient (Wildman–Crippen LogP) is 2.82. The quantitative estimate of drug-likeness (QED) is 0.864. The van der Waals surface area contributed by atoms with Gasteiger partial charge in [-0.1, -0.05) is 17.3 Å². The minimum absolute atomic E-state index is 0.0216. The minimum atomic E-state index is -4.42. The summed E-state index contributed by atoms with van der Waals surface area (Å²) in [4.78, 5) is 18.2. The van der Waals surface area contributed by atoms with Crippen LogP contribution in [0.15, 0.2) is 28.8 Å². The maximum atomic E-state index is 12.9. The van der Waals surface area contributed by atoms with Crippen LogP contribution >= 0.6 is 0 Å². The average molecular weight is 380 g/mol. The van der Waals surface area contributed by atoms with E-state index in [1.165, 1.54) is 12.1 Å². The van der Waals surface area contributed by atoms with E-state index in [0.29, 0.717) is 25.0 Å².